The normalized spacial score (nSPS) is 14.8. The summed E-state index contributed by atoms with van der Waals surface area (Å²) in [4.78, 5) is 45.2. The third kappa shape index (κ3) is 10.0. The summed E-state index contributed by atoms with van der Waals surface area (Å²) in [5.41, 5.74) is 5.09. The fourth-order valence-electron chi connectivity index (χ4n) is 1.92. The first kappa shape index (κ1) is 23.9. The van der Waals surface area contributed by atoms with E-state index >= 15 is 0 Å². The SMILES string of the molecule is C=CCC(N)C(C)C(=O)OOC(=O)C(CC(C)C)NC(=O)OC(C)(C)C. The van der Waals surface area contributed by atoms with E-state index in [1.807, 2.05) is 13.8 Å². The number of nitrogens with two attached hydrogens (primary N) is 1. The number of ether oxygens (including phenoxy) is 1. The molecular weight excluding hydrogens is 340 g/mol. The largest absolute Gasteiger partial charge is 0.444 e. The molecule has 26 heavy (non-hydrogen) atoms. The highest BCUT2D eigenvalue weighted by molar-refractivity contribution is 5.82. The minimum atomic E-state index is -1.00. The maximum absolute atomic E-state index is 12.2. The predicted octanol–water partition coefficient (Wildman–Crippen LogP) is 2.47. The molecule has 0 saturated carbocycles. The standard InChI is InChI=1S/C18H32N2O6/c1-8-9-13(19)12(4)15(21)25-26-16(22)14(10-11(2)3)20-17(23)24-18(5,6)7/h8,11-14H,1,9-10,19H2,2-7H3,(H,20,23). The monoisotopic (exact) mass is 372 g/mol. The number of carbonyl (C=O) groups is 3. The lowest BCUT2D eigenvalue weighted by Crippen LogP contribution is -2.45. The molecule has 0 aromatic heterocycles. The zero-order chi connectivity index (χ0) is 20.5. The van der Waals surface area contributed by atoms with Crippen molar-refractivity contribution in [1.82, 2.24) is 5.32 Å². The van der Waals surface area contributed by atoms with Gasteiger partial charge in [0.05, 0.1) is 5.92 Å². The van der Waals surface area contributed by atoms with E-state index < -0.39 is 41.6 Å². The van der Waals surface area contributed by atoms with Crippen molar-refractivity contribution in [3.05, 3.63) is 12.7 Å². The molecule has 0 radical (unpaired) electrons. The number of hydrogen-bond acceptors (Lipinski definition) is 7. The Hall–Kier alpha value is -2.09. The van der Waals surface area contributed by atoms with E-state index in [-0.39, 0.29) is 5.92 Å². The molecule has 0 aromatic carbocycles. The second-order valence-electron chi connectivity index (χ2n) is 7.61. The Kier molecular flexibility index (Phi) is 9.93. The number of amides is 1. The van der Waals surface area contributed by atoms with Crippen LogP contribution in [0.1, 0.15) is 54.4 Å². The lowest BCUT2D eigenvalue weighted by molar-refractivity contribution is -0.263. The molecule has 150 valence electrons. The van der Waals surface area contributed by atoms with Crippen LogP contribution >= 0.6 is 0 Å². The van der Waals surface area contributed by atoms with Gasteiger partial charge in [-0.1, -0.05) is 26.8 Å². The number of alkyl carbamates (subject to hydrolysis) is 1. The average Bonchev–Trinajstić information content (AvgIpc) is 2.48. The van der Waals surface area contributed by atoms with Crippen LogP contribution in [0.3, 0.4) is 0 Å². The van der Waals surface area contributed by atoms with Gasteiger partial charge in [0.2, 0.25) is 0 Å². The molecule has 0 aliphatic heterocycles. The zero-order valence-electron chi connectivity index (χ0n) is 16.5. The van der Waals surface area contributed by atoms with Crippen LogP contribution in [-0.4, -0.2) is 35.7 Å². The summed E-state index contributed by atoms with van der Waals surface area (Å²) in [6.45, 7) is 14.0. The molecule has 0 rings (SSSR count). The van der Waals surface area contributed by atoms with E-state index in [4.69, 9.17) is 10.5 Å². The Morgan fingerprint density at radius 1 is 1.12 bits per heavy atom. The van der Waals surface area contributed by atoms with Gasteiger partial charge in [0.25, 0.3) is 0 Å². The summed E-state index contributed by atoms with van der Waals surface area (Å²) in [6, 6.07) is -1.50. The first-order valence-electron chi connectivity index (χ1n) is 8.65. The molecule has 0 aromatic rings. The third-order valence-corrected chi connectivity index (χ3v) is 3.34. The van der Waals surface area contributed by atoms with Crippen molar-refractivity contribution < 1.29 is 28.9 Å². The number of hydrogen-bond donors (Lipinski definition) is 2. The van der Waals surface area contributed by atoms with E-state index in [0.29, 0.717) is 12.8 Å². The van der Waals surface area contributed by atoms with Crippen LogP contribution in [0.4, 0.5) is 4.79 Å². The molecular formula is C18H32N2O6. The van der Waals surface area contributed by atoms with E-state index in [0.717, 1.165) is 0 Å². The Morgan fingerprint density at radius 3 is 2.12 bits per heavy atom. The molecule has 0 spiro atoms. The Labute approximate surface area is 155 Å². The summed E-state index contributed by atoms with van der Waals surface area (Å²) in [6.07, 6.45) is 1.54. The Bertz CT molecular complexity index is 498. The minimum absolute atomic E-state index is 0.0816. The molecule has 0 aliphatic rings. The van der Waals surface area contributed by atoms with Crippen LogP contribution in [0.2, 0.25) is 0 Å². The summed E-state index contributed by atoms with van der Waals surface area (Å²) >= 11 is 0. The zero-order valence-corrected chi connectivity index (χ0v) is 16.5. The highest BCUT2D eigenvalue weighted by Gasteiger charge is 2.29. The number of carbonyl (C=O) groups excluding carboxylic acids is 3. The Morgan fingerprint density at radius 2 is 1.65 bits per heavy atom. The van der Waals surface area contributed by atoms with Crippen molar-refractivity contribution in [2.45, 2.75) is 72.1 Å². The van der Waals surface area contributed by atoms with Crippen LogP contribution in [-0.2, 0) is 24.1 Å². The molecule has 0 saturated heterocycles. The van der Waals surface area contributed by atoms with E-state index in [1.165, 1.54) is 0 Å². The van der Waals surface area contributed by atoms with Gasteiger partial charge in [0, 0.05) is 6.04 Å². The number of rotatable bonds is 8. The van der Waals surface area contributed by atoms with Gasteiger partial charge < -0.3 is 15.8 Å². The third-order valence-electron chi connectivity index (χ3n) is 3.34. The van der Waals surface area contributed by atoms with Crippen molar-refractivity contribution in [3.63, 3.8) is 0 Å². The maximum atomic E-state index is 12.2. The summed E-state index contributed by atoms with van der Waals surface area (Å²) < 4.78 is 5.13. The summed E-state index contributed by atoms with van der Waals surface area (Å²) in [7, 11) is 0. The molecule has 8 nitrogen and oxygen atoms in total. The van der Waals surface area contributed by atoms with Gasteiger partial charge in [0.15, 0.2) is 0 Å². The van der Waals surface area contributed by atoms with Gasteiger partial charge in [-0.3, -0.25) is 0 Å². The lowest BCUT2D eigenvalue weighted by atomic mass is 10.0. The maximum Gasteiger partial charge on any atom is 0.408 e. The van der Waals surface area contributed by atoms with Crippen molar-refractivity contribution in [2.24, 2.45) is 17.6 Å². The molecule has 3 N–H and O–H groups in total. The fourth-order valence-corrected chi connectivity index (χ4v) is 1.92. The van der Waals surface area contributed by atoms with Crippen LogP contribution in [0.15, 0.2) is 12.7 Å². The highest BCUT2D eigenvalue weighted by atomic mass is 17.2. The second kappa shape index (κ2) is 10.8. The van der Waals surface area contributed by atoms with E-state index in [9.17, 15) is 14.4 Å². The molecule has 1 amide bonds. The van der Waals surface area contributed by atoms with Gasteiger partial charge in [-0.05, 0) is 39.5 Å². The van der Waals surface area contributed by atoms with E-state index in [2.05, 4.69) is 21.7 Å². The first-order chi connectivity index (χ1) is 11.9. The van der Waals surface area contributed by atoms with Crippen molar-refractivity contribution in [3.8, 4) is 0 Å². The van der Waals surface area contributed by atoms with Gasteiger partial charge in [-0.25, -0.2) is 24.2 Å². The van der Waals surface area contributed by atoms with Gasteiger partial charge >= 0.3 is 18.0 Å². The molecule has 0 aliphatic carbocycles. The minimum Gasteiger partial charge on any atom is -0.444 e. The van der Waals surface area contributed by atoms with Gasteiger partial charge in [-0.15, -0.1) is 6.58 Å². The molecule has 0 bridgehead atoms. The quantitative estimate of drug-likeness (QED) is 0.382. The molecule has 3 atom stereocenters. The van der Waals surface area contributed by atoms with Gasteiger partial charge in [-0.2, -0.15) is 0 Å². The lowest BCUT2D eigenvalue weighted by Gasteiger charge is -2.23. The average molecular weight is 372 g/mol. The fraction of sp³-hybridized carbons (Fsp3) is 0.722. The predicted molar refractivity (Wildman–Crippen MR) is 96.8 cm³/mol. The Balaban J connectivity index is 4.76. The molecule has 0 heterocycles. The number of nitrogens with one attached hydrogen (secondary N) is 1. The van der Waals surface area contributed by atoms with E-state index in [1.54, 1.807) is 33.8 Å². The smallest absolute Gasteiger partial charge is 0.408 e. The van der Waals surface area contributed by atoms with Crippen molar-refractivity contribution >= 4 is 18.0 Å². The summed E-state index contributed by atoms with van der Waals surface area (Å²) in [5, 5.41) is 2.44. The van der Waals surface area contributed by atoms with Crippen LogP contribution < -0.4 is 11.1 Å². The van der Waals surface area contributed by atoms with Gasteiger partial charge in [0.1, 0.15) is 11.6 Å². The van der Waals surface area contributed by atoms with Crippen molar-refractivity contribution in [2.75, 3.05) is 0 Å². The molecule has 3 unspecified atom stereocenters. The highest BCUT2D eigenvalue weighted by Crippen LogP contribution is 2.12. The second-order valence-corrected chi connectivity index (χ2v) is 7.61. The van der Waals surface area contributed by atoms with Crippen LogP contribution in [0.5, 0.6) is 0 Å². The van der Waals surface area contributed by atoms with Crippen molar-refractivity contribution in [1.29, 1.82) is 0 Å². The summed E-state index contributed by atoms with van der Waals surface area (Å²) in [5.74, 6) is -2.25. The first-order valence-corrected chi connectivity index (χ1v) is 8.65. The van der Waals surface area contributed by atoms with Crippen LogP contribution in [0.25, 0.3) is 0 Å². The molecule has 8 heteroatoms. The molecule has 0 fully saturated rings. The van der Waals surface area contributed by atoms with Crippen LogP contribution in [0, 0.1) is 11.8 Å². The topological polar surface area (TPSA) is 117 Å².